The molecule has 0 radical (unpaired) electrons. The second kappa shape index (κ2) is 6.25. The Balaban J connectivity index is 1.70. The Bertz CT molecular complexity index is 446. The number of benzene rings is 1. The number of hydrogen-bond donors (Lipinski definition) is 1. The van der Waals surface area contributed by atoms with Crippen molar-refractivity contribution < 1.29 is 0 Å². The van der Waals surface area contributed by atoms with Crippen LogP contribution >= 0.6 is 0 Å². The minimum absolute atomic E-state index is 0.527. The van der Waals surface area contributed by atoms with Gasteiger partial charge in [-0.2, -0.15) is 0 Å². The van der Waals surface area contributed by atoms with Crippen LogP contribution in [-0.2, 0) is 6.54 Å². The van der Waals surface area contributed by atoms with Gasteiger partial charge >= 0.3 is 0 Å². The van der Waals surface area contributed by atoms with Crippen molar-refractivity contribution in [1.29, 1.82) is 0 Å². The zero-order chi connectivity index (χ0) is 13.9. The minimum Gasteiger partial charge on any atom is -0.311 e. The molecule has 2 heterocycles. The Hall–Kier alpha value is -0.900. The van der Waals surface area contributed by atoms with E-state index in [0.29, 0.717) is 6.04 Å². The first-order valence-corrected chi connectivity index (χ1v) is 8.02. The summed E-state index contributed by atoms with van der Waals surface area (Å²) < 4.78 is 0. The predicted octanol–water partition coefficient (Wildman–Crippen LogP) is 2.25. The van der Waals surface area contributed by atoms with E-state index in [1.54, 1.807) is 0 Å². The molecule has 2 aliphatic heterocycles. The van der Waals surface area contributed by atoms with Gasteiger partial charge in [0.25, 0.3) is 0 Å². The van der Waals surface area contributed by atoms with Crippen LogP contribution < -0.4 is 5.32 Å². The Morgan fingerprint density at radius 2 is 2.20 bits per heavy atom. The molecule has 110 valence electrons. The van der Waals surface area contributed by atoms with Crippen LogP contribution in [0.15, 0.2) is 24.3 Å². The fourth-order valence-corrected chi connectivity index (χ4v) is 3.84. The monoisotopic (exact) mass is 273 g/mol. The van der Waals surface area contributed by atoms with Crippen molar-refractivity contribution in [3.8, 4) is 0 Å². The second-order valence-corrected chi connectivity index (χ2v) is 6.21. The van der Waals surface area contributed by atoms with Crippen molar-refractivity contribution in [2.75, 3.05) is 33.2 Å². The molecule has 0 amide bonds. The van der Waals surface area contributed by atoms with Crippen LogP contribution in [0.4, 0.5) is 0 Å². The Kier molecular flexibility index (Phi) is 4.39. The summed E-state index contributed by atoms with van der Waals surface area (Å²) in [6.07, 6.45) is 2.73. The van der Waals surface area contributed by atoms with E-state index in [-0.39, 0.29) is 0 Å². The van der Waals surface area contributed by atoms with E-state index in [0.717, 1.165) is 19.1 Å². The zero-order valence-electron chi connectivity index (χ0n) is 12.8. The van der Waals surface area contributed by atoms with Crippen molar-refractivity contribution in [2.24, 2.45) is 0 Å². The Morgan fingerprint density at radius 3 is 3.05 bits per heavy atom. The number of fused-ring (bicyclic) bond motifs is 1. The minimum atomic E-state index is 0.527. The Morgan fingerprint density at radius 1 is 1.35 bits per heavy atom. The molecule has 0 aliphatic carbocycles. The van der Waals surface area contributed by atoms with Gasteiger partial charge in [-0.05, 0) is 44.1 Å². The molecule has 3 heteroatoms. The lowest BCUT2D eigenvalue weighted by molar-refractivity contribution is 0.157. The highest BCUT2D eigenvalue weighted by atomic mass is 15.2. The fourth-order valence-electron chi connectivity index (χ4n) is 3.84. The van der Waals surface area contributed by atoms with Gasteiger partial charge in [-0.1, -0.05) is 31.2 Å². The van der Waals surface area contributed by atoms with Gasteiger partial charge in [-0.3, -0.25) is 9.80 Å². The van der Waals surface area contributed by atoms with Gasteiger partial charge in [0.15, 0.2) is 0 Å². The first kappa shape index (κ1) is 14.1. The summed E-state index contributed by atoms with van der Waals surface area (Å²) in [6, 6.07) is 10.2. The van der Waals surface area contributed by atoms with Crippen LogP contribution in [-0.4, -0.2) is 49.1 Å². The highest BCUT2D eigenvalue weighted by Crippen LogP contribution is 2.28. The second-order valence-electron chi connectivity index (χ2n) is 6.21. The van der Waals surface area contributed by atoms with Gasteiger partial charge in [0, 0.05) is 31.7 Å². The van der Waals surface area contributed by atoms with Gasteiger partial charge in [0.2, 0.25) is 0 Å². The summed E-state index contributed by atoms with van der Waals surface area (Å²) >= 11 is 0. The van der Waals surface area contributed by atoms with E-state index in [9.17, 15) is 0 Å². The first-order valence-electron chi connectivity index (χ1n) is 8.02. The van der Waals surface area contributed by atoms with Gasteiger partial charge in [-0.15, -0.1) is 0 Å². The van der Waals surface area contributed by atoms with E-state index < -0.39 is 0 Å². The molecule has 3 rings (SSSR count). The third kappa shape index (κ3) is 2.76. The number of nitrogens with zero attached hydrogens (tertiary/aromatic N) is 2. The molecule has 20 heavy (non-hydrogen) atoms. The fraction of sp³-hybridized carbons (Fsp3) is 0.647. The van der Waals surface area contributed by atoms with Crippen LogP contribution in [0, 0.1) is 0 Å². The quantitative estimate of drug-likeness (QED) is 0.908. The molecule has 2 aliphatic rings. The molecule has 2 unspecified atom stereocenters. The van der Waals surface area contributed by atoms with Crippen LogP contribution in [0.3, 0.4) is 0 Å². The van der Waals surface area contributed by atoms with Gasteiger partial charge in [0.05, 0.1) is 0 Å². The molecular formula is C17H27N3. The third-order valence-corrected chi connectivity index (χ3v) is 5.00. The molecule has 2 atom stereocenters. The zero-order valence-corrected chi connectivity index (χ0v) is 12.8. The molecule has 1 N–H and O–H groups in total. The average molecular weight is 273 g/mol. The molecule has 3 nitrogen and oxygen atoms in total. The topological polar surface area (TPSA) is 18.5 Å². The maximum absolute atomic E-state index is 3.57. The summed E-state index contributed by atoms with van der Waals surface area (Å²) in [6.45, 7) is 8.05. The highest BCUT2D eigenvalue weighted by Gasteiger charge is 2.28. The normalized spacial score (nSPS) is 26.9. The predicted molar refractivity (Wildman–Crippen MR) is 83.8 cm³/mol. The molecule has 0 bridgehead atoms. The molecule has 0 spiro atoms. The standard InChI is InChI=1S/C17H27N3/c1-3-20-10-6-8-15(20)13-19(2)17-12-18-11-14-7-4-5-9-16(14)17/h4-5,7,9,15,17-18H,3,6,8,10-13H2,1-2H3. The number of nitrogens with one attached hydrogen (secondary N) is 1. The van der Waals surface area contributed by atoms with Gasteiger partial charge in [-0.25, -0.2) is 0 Å². The SMILES string of the molecule is CCN1CCCC1CN(C)C1CNCc2ccccc21. The summed E-state index contributed by atoms with van der Waals surface area (Å²) in [5.74, 6) is 0. The first-order chi connectivity index (χ1) is 9.79. The summed E-state index contributed by atoms with van der Waals surface area (Å²) in [5, 5.41) is 3.57. The summed E-state index contributed by atoms with van der Waals surface area (Å²) in [7, 11) is 2.29. The number of rotatable bonds is 4. The molecule has 1 fully saturated rings. The van der Waals surface area contributed by atoms with E-state index in [1.165, 1.54) is 43.6 Å². The van der Waals surface area contributed by atoms with E-state index in [2.05, 4.69) is 53.4 Å². The molecular weight excluding hydrogens is 246 g/mol. The summed E-state index contributed by atoms with van der Waals surface area (Å²) in [5.41, 5.74) is 2.99. The van der Waals surface area contributed by atoms with Crippen molar-refractivity contribution in [3.05, 3.63) is 35.4 Å². The van der Waals surface area contributed by atoms with Crippen LogP contribution in [0.5, 0.6) is 0 Å². The number of likely N-dealkylation sites (N-methyl/N-ethyl adjacent to an activating group) is 2. The van der Waals surface area contributed by atoms with Gasteiger partial charge < -0.3 is 5.32 Å². The number of likely N-dealkylation sites (tertiary alicyclic amines) is 1. The third-order valence-electron chi connectivity index (χ3n) is 5.00. The number of hydrogen-bond acceptors (Lipinski definition) is 3. The molecule has 0 aromatic heterocycles. The van der Waals surface area contributed by atoms with Crippen molar-refractivity contribution in [3.63, 3.8) is 0 Å². The van der Waals surface area contributed by atoms with Crippen molar-refractivity contribution in [2.45, 2.75) is 38.4 Å². The largest absolute Gasteiger partial charge is 0.311 e. The van der Waals surface area contributed by atoms with Crippen molar-refractivity contribution in [1.82, 2.24) is 15.1 Å². The van der Waals surface area contributed by atoms with Crippen LogP contribution in [0.1, 0.15) is 36.9 Å². The summed E-state index contributed by atoms with van der Waals surface area (Å²) in [4.78, 5) is 5.20. The smallest absolute Gasteiger partial charge is 0.0473 e. The molecule has 1 aromatic carbocycles. The molecule has 1 aromatic rings. The molecule has 0 saturated carbocycles. The highest BCUT2D eigenvalue weighted by molar-refractivity contribution is 5.32. The van der Waals surface area contributed by atoms with E-state index in [1.807, 2.05) is 0 Å². The maximum atomic E-state index is 3.57. The van der Waals surface area contributed by atoms with Crippen LogP contribution in [0.25, 0.3) is 0 Å². The lowest BCUT2D eigenvalue weighted by atomic mass is 9.95. The van der Waals surface area contributed by atoms with Crippen LogP contribution in [0.2, 0.25) is 0 Å². The van der Waals surface area contributed by atoms with E-state index >= 15 is 0 Å². The van der Waals surface area contributed by atoms with E-state index in [4.69, 9.17) is 0 Å². The average Bonchev–Trinajstić information content (AvgIpc) is 2.93. The lowest BCUT2D eigenvalue weighted by Gasteiger charge is -2.36. The maximum Gasteiger partial charge on any atom is 0.0473 e. The molecule has 1 saturated heterocycles. The van der Waals surface area contributed by atoms with Gasteiger partial charge in [0.1, 0.15) is 0 Å². The van der Waals surface area contributed by atoms with Crippen molar-refractivity contribution >= 4 is 0 Å². The lowest BCUT2D eigenvalue weighted by Crippen LogP contribution is -2.44. The Labute approximate surface area is 123 Å².